The van der Waals surface area contributed by atoms with Gasteiger partial charge in [-0.05, 0) is 39.3 Å². The Kier molecular flexibility index (Phi) is 6.60. The molecule has 132 valence electrons. The lowest BCUT2D eigenvalue weighted by atomic mass is 10.2. The largest absolute Gasteiger partial charge is 0.447 e. The topological polar surface area (TPSA) is 124 Å². The Labute approximate surface area is 136 Å². The first kappa shape index (κ1) is 19.5. The first-order valence-electron chi connectivity index (χ1n) is 7.33. The molecular weight excluding hydrogens is 322 g/mol. The van der Waals surface area contributed by atoms with Crippen molar-refractivity contribution in [2.24, 2.45) is 5.14 Å². The normalized spacial score (nSPS) is 13.6. The fraction of sp³-hybridized carbons (Fsp3) is 0.643. The molecule has 1 aromatic heterocycles. The molecule has 0 spiro atoms. The maximum Gasteiger partial charge on any atom is 0.407 e. The number of amides is 1. The number of ether oxygens (including phenoxy) is 1. The summed E-state index contributed by atoms with van der Waals surface area (Å²) in [6, 6.07) is 2.85. The summed E-state index contributed by atoms with van der Waals surface area (Å²) in [6.07, 6.45) is 0.283. The number of nitrogens with two attached hydrogens (primary N) is 1. The number of alkyl carbamates (subject to hydrolysis) is 1. The Morgan fingerprint density at radius 3 is 2.52 bits per heavy atom. The van der Waals surface area contributed by atoms with Crippen LogP contribution < -0.4 is 15.8 Å². The van der Waals surface area contributed by atoms with E-state index < -0.39 is 21.7 Å². The van der Waals surface area contributed by atoms with E-state index in [4.69, 9.17) is 14.3 Å². The van der Waals surface area contributed by atoms with Crippen LogP contribution in [0.2, 0.25) is 0 Å². The van der Waals surface area contributed by atoms with Crippen molar-refractivity contribution < 1.29 is 22.4 Å². The summed E-state index contributed by atoms with van der Waals surface area (Å²) in [5, 5.41) is 10.6. The second kappa shape index (κ2) is 7.80. The van der Waals surface area contributed by atoms with E-state index in [9.17, 15) is 13.2 Å². The Morgan fingerprint density at radius 2 is 2.04 bits per heavy atom. The third-order valence-electron chi connectivity index (χ3n) is 2.87. The highest BCUT2D eigenvalue weighted by Gasteiger charge is 2.17. The average Bonchev–Trinajstić information content (AvgIpc) is 2.85. The predicted octanol–water partition coefficient (Wildman–Crippen LogP) is 1.32. The molecule has 1 amide bonds. The molecule has 0 radical (unpaired) electrons. The van der Waals surface area contributed by atoms with Crippen LogP contribution in [0.25, 0.3) is 0 Å². The summed E-state index contributed by atoms with van der Waals surface area (Å²) in [5.74, 6) is 0.449. The van der Waals surface area contributed by atoms with Crippen LogP contribution in [0.5, 0.6) is 0 Å². The molecule has 0 aliphatic carbocycles. The lowest BCUT2D eigenvalue weighted by Gasteiger charge is -2.22. The second-order valence-electron chi connectivity index (χ2n) is 6.13. The number of carbonyl (C=O) groups excluding carboxylic acids is 1. The quantitative estimate of drug-likeness (QED) is 0.683. The van der Waals surface area contributed by atoms with Crippen LogP contribution in [0.15, 0.2) is 21.6 Å². The fourth-order valence-electron chi connectivity index (χ4n) is 1.73. The van der Waals surface area contributed by atoms with Crippen LogP contribution in [-0.2, 0) is 21.3 Å². The minimum absolute atomic E-state index is 0.00875. The van der Waals surface area contributed by atoms with Crippen LogP contribution in [0.4, 0.5) is 4.79 Å². The van der Waals surface area contributed by atoms with Gasteiger partial charge in [0.25, 0.3) is 10.0 Å². The van der Waals surface area contributed by atoms with E-state index in [2.05, 4.69) is 10.6 Å². The van der Waals surface area contributed by atoms with Crippen molar-refractivity contribution in [1.82, 2.24) is 10.6 Å². The summed E-state index contributed by atoms with van der Waals surface area (Å²) in [5.41, 5.74) is -0.544. The molecule has 0 fully saturated rings. The molecule has 1 unspecified atom stereocenters. The molecule has 0 saturated carbocycles. The molecule has 0 aliphatic rings. The summed E-state index contributed by atoms with van der Waals surface area (Å²) >= 11 is 0. The molecule has 0 aliphatic heterocycles. The first-order valence-corrected chi connectivity index (χ1v) is 8.87. The van der Waals surface area contributed by atoms with Crippen molar-refractivity contribution in [2.45, 2.75) is 57.4 Å². The first-order chi connectivity index (χ1) is 10.5. The standard InChI is InChI=1S/C14H25N3O5S/c1-5-10(8-17-13(18)22-14(2,3)4)16-9-11-6-7-12(21-11)23(15,19)20/h6-7,10,16H,5,8-9H2,1-4H3,(H,17,18)(H2,15,19,20). The van der Waals surface area contributed by atoms with Crippen molar-refractivity contribution in [1.29, 1.82) is 0 Å². The monoisotopic (exact) mass is 347 g/mol. The van der Waals surface area contributed by atoms with Gasteiger partial charge in [0.15, 0.2) is 0 Å². The molecule has 1 heterocycles. The molecule has 1 aromatic rings. The van der Waals surface area contributed by atoms with Gasteiger partial charge in [-0.15, -0.1) is 0 Å². The highest BCUT2D eigenvalue weighted by Crippen LogP contribution is 2.12. The Morgan fingerprint density at radius 1 is 1.39 bits per heavy atom. The number of hydrogen-bond acceptors (Lipinski definition) is 6. The molecule has 0 saturated heterocycles. The number of hydrogen-bond donors (Lipinski definition) is 3. The van der Waals surface area contributed by atoms with E-state index in [0.29, 0.717) is 18.8 Å². The molecule has 9 heteroatoms. The van der Waals surface area contributed by atoms with Gasteiger partial charge >= 0.3 is 6.09 Å². The Bertz CT molecular complexity index is 619. The van der Waals surface area contributed by atoms with Crippen molar-refractivity contribution in [3.05, 3.63) is 17.9 Å². The van der Waals surface area contributed by atoms with Gasteiger partial charge in [-0.25, -0.2) is 18.4 Å². The highest BCUT2D eigenvalue weighted by molar-refractivity contribution is 7.89. The van der Waals surface area contributed by atoms with Gasteiger partial charge in [-0.3, -0.25) is 0 Å². The van der Waals surface area contributed by atoms with Gasteiger partial charge < -0.3 is 19.8 Å². The number of sulfonamides is 1. The number of rotatable bonds is 7. The average molecular weight is 347 g/mol. The van der Waals surface area contributed by atoms with Crippen LogP contribution in [0, 0.1) is 0 Å². The minimum atomic E-state index is -3.83. The number of primary sulfonamides is 1. The molecule has 1 atom stereocenters. The molecule has 4 N–H and O–H groups in total. The smallest absolute Gasteiger partial charge is 0.407 e. The van der Waals surface area contributed by atoms with E-state index in [1.807, 2.05) is 6.92 Å². The van der Waals surface area contributed by atoms with Gasteiger partial charge in [0.1, 0.15) is 11.4 Å². The van der Waals surface area contributed by atoms with Gasteiger partial charge in [0.2, 0.25) is 5.09 Å². The summed E-state index contributed by atoms with van der Waals surface area (Å²) in [7, 11) is -3.83. The lowest BCUT2D eigenvalue weighted by molar-refractivity contribution is 0.0522. The van der Waals surface area contributed by atoms with Crippen molar-refractivity contribution in [2.75, 3.05) is 6.54 Å². The van der Waals surface area contributed by atoms with Gasteiger partial charge in [-0.2, -0.15) is 0 Å². The second-order valence-corrected chi connectivity index (χ2v) is 7.63. The van der Waals surface area contributed by atoms with Crippen molar-refractivity contribution in [3.63, 3.8) is 0 Å². The van der Waals surface area contributed by atoms with Crippen molar-refractivity contribution in [3.8, 4) is 0 Å². The minimum Gasteiger partial charge on any atom is -0.447 e. The molecule has 23 heavy (non-hydrogen) atoms. The summed E-state index contributed by atoms with van der Waals surface area (Å²) in [4.78, 5) is 11.6. The zero-order valence-electron chi connectivity index (χ0n) is 13.9. The molecular formula is C14H25N3O5S. The zero-order chi connectivity index (χ0) is 17.7. The molecule has 0 bridgehead atoms. The van der Waals surface area contributed by atoms with E-state index in [0.717, 1.165) is 6.42 Å². The van der Waals surface area contributed by atoms with Crippen LogP contribution in [0.1, 0.15) is 39.9 Å². The van der Waals surface area contributed by atoms with E-state index in [-0.39, 0.29) is 11.1 Å². The molecule has 1 rings (SSSR count). The van der Waals surface area contributed by atoms with E-state index in [1.54, 1.807) is 26.8 Å². The number of nitrogens with one attached hydrogen (secondary N) is 2. The van der Waals surface area contributed by atoms with Gasteiger partial charge in [-0.1, -0.05) is 6.92 Å². The van der Waals surface area contributed by atoms with Crippen LogP contribution >= 0.6 is 0 Å². The van der Waals surface area contributed by atoms with Gasteiger partial charge in [0.05, 0.1) is 6.54 Å². The maximum atomic E-state index is 11.6. The lowest BCUT2D eigenvalue weighted by Crippen LogP contribution is -2.42. The predicted molar refractivity (Wildman–Crippen MR) is 85.2 cm³/mol. The van der Waals surface area contributed by atoms with Gasteiger partial charge in [0, 0.05) is 12.6 Å². The SMILES string of the molecule is CCC(CNC(=O)OC(C)(C)C)NCc1ccc(S(N)(=O)=O)o1. The third-order valence-corrected chi connectivity index (χ3v) is 3.65. The maximum absolute atomic E-state index is 11.6. The van der Waals surface area contributed by atoms with E-state index in [1.165, 1.54) is 6.07 Å². The highest BCUT2D eigenvalue weighted by atomic mass is 32.2. The fourth-order valence-corrected chi connectivity index (χ4v) is 2.21. The summed E-state index contributed by atoms with van der Waals surface area (Å²) in [6.45, 7) is 8.05. The van der Waals surface area contributed by atoms with Crippen molar-refractivity contribution >= 4 is 16.1 Å². The number of carbonyl (C=O) groups is 1. The molecule has 8 nitrogen and oxygen atoms in total. The Hall–Kier alpha value is -1.58. The Balaban J connectivity index is 2.45. The summed E-state index contributed by atoms with van der Waals surface area (Å²) < 4.78 is 32.6. The van der Waals surface area contributed by atoms with E-state index >= 15 is 0 Å². The number of furan rings is 1. The molecule has 0 aromatic carbocycles. The van der Waals surface area contributed by atoms with Crippen LogP contribution in [0.3, 0.4) is 0 Å². The van der Waals surface area contributed by atoms with Crippen LogP contribution in [-0.4, -0.2) is 32.7 Å². The third kappa shape index (κ3) is 7.49. The zero-order valence-corrected chi connectivity index (χ0v) is 14.7.